The Morgan fingerprint density at radius 1 is 1.45 bits per heavy atom. The Kier molecular flexibility index (Phi) is 4.99. The molecule has 0 aliphatic heterocycles. The quantitative estimate of drug-likeness (QED) is 0.872. The minimum atomic E-state index is -0.379. The van der Waals surface area contributed by atoms with Gasteiger partial charge in [0.15, 0.2) is 0 Å². The second-order valence-corrected chi connectivity index (χ2v) is 6.11. The summed E-state index contributed by atoms with van der Waals surface area (Å²) in [5, 5.41) is 7.67. The minimum Gasteiger partial charge on any atom is -0.376 e. The van der Waals surface area contributed by atoms with Crippen LogP contribution in [0.5, 0.6) is 0 Å². The lowest BCUT2D eigenvalue weighted by Crippen LogP contribution is -2.13. The van der Waals surface area contributed by atoms with E-state index in [0.717, 1.165) is 12.4 Å². The maximum Gasteiger partial charge on any atom is 0.146 e. The van der Waals surface area contributed by atoms with Crippen LogP contribution in [0.2, 0.25) is 5.02 Å². The van der Waals surface area contributed by atoms with Crippen LogP contribution in [0.15, 0.2) is 22.9 Å². The predicted molar refractivity (Wildman–Crippen MR) is 81.3 cm³/mol. The monoisotopic (exact) mass is 360 g/mol. The summed E-state index contributed by atoms with van der Waals surface area (Å²) in [6.45, 7) is 5.50. The number of benzene rings is 1. The van der Waals surface area contributed by atoms with Gasteiger partial charge in [0.2, 0.25) is 0 Å². The molecule has 0 saturated heterocycles. The first-order valence-corrected chi connectivity index (χ1v) is 7.39. The molecule has 0 aliphatic carbocycles. The molecule has 1 heterocycles. The van der Waals surface area contributed by atoms with Crippen molar-refractivity contribution in [3.8, 4) is 0 Å². The summed E-state index contributed by atoms with van der Waals surface area (Å²) in [4.78, 5) is 4.22. The third-order valence-electron chi connectivity index (χ3n) is 2.66. The highest BCUT2D eigenvalue weighted by Crippen LogP contribution is 2.31. The van der Waals surface area contributed by atoms with E-state index in [1.54, 1.807) is 0 Å². The van der Waals surface area contributed by atoms with Crippen LogP contribution in [0.25, 0.3) is 0 Å². The molecule has 20 heavy (non-hydrogen) atoms. The van der Waals surface area contributed by atoms with Gasteiger partial charge in [0, 0.05) is 11.0 Å². The number of anilines is 1. The van der Waals surface area contributed by atoms with E-state index in [9.17, 15) is 4.39 Å². The summed E-state index contributed by atoms with van der Waals surface area (Å²) < 4.78 is 15.6. The van der Waals surface area contributed by atoms with Gasteiger partial charge < -0.3 is 5.32 Å². The molecule has 0 radical (unpaired) electrons. The zero-order chi connectivity index (χ0) is 14.7. The molecular formula is C13H15BrClFN4. The largest absolute Gasteiger partial charge is 0.376 e. The summed E-state index contributed by atoms with van der Waals surface area (Å²) in [7, 11) is 0. The molecule has 0 fully saturated rings. The predicted octanol–water partition coefficient (Wildman–Crippen LogP) is 4.10. The smallest absolute Gasteiger partial charge is 0.146 e. The average molecular weight is 362 g/mol. The van der Waals surface area contributed by atoms with Crippen LogP contribution in [0, 0.1) is 11.7 Å². The van der Waals surface area contributed by atoms with E-state index in [4.69, 9.17) is 11.6 Å². The number of nitrogens with zero attached hydrogens (tertiary/aromatic N) is 3. The van der Waals surface area contributed by atoms with Crippen LogP contribution in [0.1, 0.15) is 19.7 Å². The van der Waals surface area contributed by atoms with Gasteiger partial charge in [0.1, 0.15) is 18.0 Å². The average Bonchev–Trinajstić information content (AvgIpc) is 2.74. The van der Waals surface area contributed by atoms with Crippen LogP contribution in [0.3, 0.4) is 0 Å². The van der Waals surface area contributed by atoms with E-state index in [2.05, 4.69) is 45.2 Å². The molecule has 0 amide bonds. The Bertz CT molecular complexity index is 577. The molecule has 108 valence electrons. The Labute approximate surface area is 130 Å². The normalized spacial score (nSPS) is 11.1. The number of aromatic nitrogens is 3. The zero-order valence-electron chi connectivity index (χ0n) is 11.2. The van der Waals surface area contributed by atoms with Crippen molar-refractivity contribution in [1.82, 2.24) is 14.8 Å². The summed E-state index contributed by atoms with van der Waals surface area (Å²) in [5.74, 6) is 0.915. The molecule has 1 aromatic carbocycles. The van der Waals surface area contributed by atoms with Crippen LogP contribution >= 0.6 is 27.5 Å². The second kappa shape index (κ2) is 6.54. The van der Waals surface area contributed by atoms with Crippen LogP contribution in [-0.4, -0.2) is 14.8 Å². The molecule has 2 aromatic rings. The molecule has 0 atom stereocenters. The van der Waals surface area contributed by atoms with Gasteiger partial charge in [-0.3, -0.25) is 0 Å². The molecule has 7 heteroatoms. The van der Waals surface area contributed by atoms with Crippen molar-refractivity contribution in [3.05, 3.63) is 39.6 Å². The first-order valence-electron chi connectivity index (χ1n) is 6.22. The fourth-order valence-corrected chi connectivity index (χ4v) is 2.76. The Hall–Kier alpha value is -1.14. The van der Waals surface area contributed by atoms with Crippen molar-refractivity contribution in [2.75, 3.05) is 5.32 Å². The molecule has 0 bridgehead atoms. The van der Waals surface area contributed by atoms with E-state index in [-0.39, 0.29) is 5.82 Å². The lowest BCUT2D eigenvalue weighted by atomic mass is 10.2. The maximum atomic E-state index is 13.2. The lowest BCUT2D eigenvalue weighted by Gasteiger charge is -2.12. The van der Waals surface area contributed by atoms with Crippen LogP contribution in [0.4, 0.5) is 10.1 Å². The highest BCUT2D eigenvalue weighted by molar-refractivity contribution is 9.10. The summed E-state index contributed by atoms with van der Waals surface area (Å²) >= 11 is 9.32. The SMILES string of the molecule is CC(C)Cn1ncnc1CNc1c(Cl)cc(F)cc1Br. The second-order valence-electron chi connectivity index (χ2n) is 4.85. The first kappa shape index (κ1) is 15.3. The van der Waals surface area contributed by atoms with E-state index in [1.807, 2.05) is 4.68 Å². The molecular weight excluding hydrogens is 347 g/mol. The first-order chi connectivity index (χ1) is 9.47. The van der Waals surface area contributed by atoms with Crippen molar-refractivity contribution in [1.29, 1.82) is 0 Å². The number of halogens is 3. The minimum absolute atomic E-state index is 0.326. The van der Waals surface area contributed by atoms with Crippen LogP contribution < -0.4 is 5.32 Å². The van der Waals surface area contributed by atoms with E-state index in [0.29, 0.717) is 27.6 Å². The van der Waals surface area contributed by atoms with E-state index >= 15 is 0 Å². The van der Waals surface area contributed by atoms with Gasteiger partial charge in [-0.2, -0.15) is 5.10 Å². The topological polar surface area (TPSA) is 42.7 Å². The van der Waals surface area contributed by atoms with Crippen molar-refractivity contribution in [2.24, 2.45) is 5.92 Å². The van der Waals surface area contributed by atoms with Crippen molar-refractivity contribution < 1.29 is 4.39 Å². The summed E-state index contributed by atoms with van der Waals surface area (Å²) in [6, 6.07) is 2.64. The zero-order valence-corrected chi connectivity index (χ0v) is 13.5. The molecule has 2 rings (SSSR count). The number of rotatable bonds is 5. The fourth-order valence-electron chi connectivity index (χ4n) is 1.80. The number of hydrogen-bond donors (Lipinski definition) is 1. The van der Waals surface area contributed by atoms with Gasteiger partial charge in [-0.15, -0.1) is 0 Å². The van der Waals surface area contributed by atoms with E-state index < -0.39 is 0 Å². The lowest BCUT2D eigenvalue weighted by molar-refractivity contribution is 0.468. The van der Waals surface area contributed by atoms with Gasteiger partial charge in [0.05, 0.1) is 17.3 Å². The molecule has 0 saturated carbocycles. The highest BCUT2D eigenvalue weighted by atomic mass is 79.9. The number of nitrogens with one attached hydrogen (secondary N) is 1. The third kappa shape index (κ3) is 3.70. The highest BCUT2D eigenvalue weighted by Gasteiger charge is 2.10. The molecule has 0 spiro atoms. The van der Waals surface area contributed by atoms with Crippen molar-refractivity contribution in [3.63, 3.8) is 0 Å². The molecule has 1 N–H and O–H groups in total. The van der Waals surface area contributed by atoms with Gasteiger partial charge in [-0.1, -0.05) is 25.4 Å². The standard InChI is InChI=1S/C13H15BrClFN4/c1-8(2)6-20-12(18-7-19-20)5-17-13-10(14)3-9(16)4-11(13)15/h3-4,7-8,17H,5-6H2,1-2H3. The fraction of sp³-hybridized carbons (Fsp3) is 0.385. The molecule has 0 aliphatic rings. The number of hydrogen-bond acceptors (Lipinski definition) is 3. The molecule has 1 aromatic heterocycles. The molecule has 0 unspecified atom stereocenters. The van der Waals surface area contributed by atoms with Crippen molar-refractivity contribution in [2.45, 2.75) is 26.9 Å². The Morgan fingerprint density at radius 3 is 2.85 bits per heavy atom. The maximum absolute atomic E-state index is 13.2. The van der Waals surface area contributed by atoms with Gasteiger partial charge in [0.25, 0.3) is 0 Å². The van der Waals surface area contributed by atoms with Crippen molar-refractivity contribution >= 4 is 33.2 Å². The molecule has 4 nitrogen and oxygen atoms in total. The van der Waals surface area contributed by atoms with E-state index in [1.165, 1.54) is 18.5 Å². The van der Waals surface area contributed by atoms with Gasteiger partial charge in [-0.05, 0) is 34.0 Å². The third-order valence-corrected chi connectivity index (χ3v) is 3.59. The Balaban J connectivity index is 2.12. The van der Waals surface area contributed by atoms with Crippen LogP contribution in [-0.2, 0) is 13.1 Å². The Morgan fingerprint density at radius 2 is 2.20 bits per heavy atom. The van der Waals surface area contributed by atoms with Gasteiger partial charge >= 0.3 is 0 Å². The summed E-state index contributed by atoms with van der Waals surface area (Å²) in [5.41, 5.74) is 0.646. The van der Waals surface area contributed by atoms with Gasteiger partial charge in [-0.25, -0.2) is 14.1 Å². The summed E-state index contributed by atoms with van der Waals surface area (Å²) in [6.07, 6.45) is 1.53.